The van der Waals surface area contributed by atoms with Gasteiger partial charge in [0, 0.05) is 63.7 Å². The third-order valence-corrected chi connectivity index (χ3v) is 6.77. The molecule has 1 aromatic rings. The molecule has 0 bridgehead atoms. The number of amides is 2. The van der Waals surface area contributed by atoms with Crippen molar-refractivity contribution in [1.29, 1.82) is 0 Å². The first-order chi connectivity index (χ1) is 15.2. The summed E-state index contributed by atoms with van der Waals surface area (Å²) in [6.07, 6.45) is 7.45. The normalized spacial score (nSPS) is 21.2. The molecule has 3 heterocycles. The second-order valence-corrected chi connectivity index (χ2v) is 9.14. The lowest BCUT2D eigenvalue weighted by atomic mass is 10.2. The maximum absolute atomic E-state index is 12.5. The van der Waals surface area contributed by atoms with Gasteiger partial charge in [-0.05, 0) is 49.9 Å². The topological polar surface area (TPSA) is 59.1 Å². The van der Waals surface area contributed by atoms with Crippen molar-refractivity contribution < 1.29 is 9.59 Å². The van der Waals surface area contributed by atoms with Crippen LogP contribution in [0, 0.1) is 0 Å². The maximum atomic E-state index is 12.5. The van der Waals surface area contributed by atoms with Gasteiger partial charge in [0.05, 0.1) is 13.1 Å². The smallest absolute Gasteiger partial charge is 0.238 e. The maximum Gasteiger partial charge on any atom is 0.238 e. The van der Waals surface area contributed by atoms with Crippen LogP contribution in [-0.2, 0) is 9.59 Å². The molecule has 0 atom stereocenters. The summed E-state index contributed by atoms with van der Waals surface area (Å²) in [5.41, 5.74) is 2.11. The predicted octanol–water partition coefficient (Wildman–Crippen LogP) is 2.25. The minimum Gasteiger partial charge on any atom is -0.372 e. The number of likely N-dealkylation sites (tertiary alicyclic amines) is 1. The fourth-order valence-corrected chi connectivity index (χ4v) is 4.85. The highest BCUT2D eigenvalue weighted by Gasteiger charge is 2.24. The fraction of sp³-hybridized carbons (Fsp3) is 0.667. The molecule has 4 rings (SSSR count). The van der Waals surface area contributed by atoms with Crippen LogP contribution in [0.25, 0.3) is 0 Å². The summed E-state index contributed by atoms with van der Waals surface area (Å²) >= 11 is 0. The van der Waals surface area contributed by atoms with E-state index in [1.54, 1.807) is 0 Å². The molecule has 0 saturated carbocycles. The fourth-order valence-electron chi connectivity index (χ4n) is 4.85. The molecule has 31 heavy (non-hydrogen) atoms. The lowest BCUT2D eigenvalue weighted by Gasteiger charge is -2.34. The van der Waals surface area contributed by atoms with E-state index in [1.807, 2.05) is 17.0 Å². The van der Waals surface area contributed by atoms with E-state index < -0.39 is 0 Å². The number of nitrogens with one attached hydrogen (secondary N) is 1. The Bertz CT molecular complexity index is 716. The first kappa shape index (κ1) is 22.1. The van der Waals surface area contributed by atoms with Gasteiger partial charge in [-0.1, -0.05) is 12.8 Å². The molecule has 3 aliphatic rings. The highest BCUT2D eigenvalue weighted by Crippen LogP contribution is 2.21. The Labute approximate surface area is 186 Å². The van der Waals surface area contributed by atoms with Crippen molar-refractivity contribution in [3.63, 3.8) is 0 Å². The SMILES string of the molecule is O=C(CN1CCN(CC(=O)N2CCCC2)CC1)Nc1ccc(N2CCCCCC2)cc1. The number of hydrogen-bond donors (Lipinski definition) is 1. The lowest BCUT2D eigenvalue weighted by molar-refractivity contribution is -0.132. The van der Waals surface area contributed by atoms with Crippen LogP contribution in [0.3, 0.4) is 0 Å². The average molecular weight is 428 g/mol. The quantitative estimate of drug-likeness (QED) is 0.755. The number of hydrogen-bond acceptors (Lipinski definition) is 5. The van der Waals surface area contributed by atoms with Crippen molar-refractivity contribution in [3.05, 3.63) is 24.3 Å². The number of carbonyl (C=O) groups is 2. The molecule has 0 aliphatic carbocycles. The first-order valence-corrected chi connectivity index (χ1v) is 12.0. The van der Waals surface area contributed by atoms with E-state index in [0.717, 1.165) is 70.9 Å². The number of nitrogens with zero attached hydrogens (tertiary/aromatic N) is 4. The van der Waals surface area contributed by atoms with Gasteiger partial charge in [0.15, 0.2) is 0 Å². The number of benzene rings is 1. The molecule has 0 spiro atoms. The zero-order valence-corrected chi connectivity index (χ0v) is 18.7. The van der Waals surface area contributed by atoms with E-state index >= 15 is 0 Å². The van der Waals surface area contributed by atoms with Gasteiger partial charge in [-0.15, -0.1) is 0 Å². The van der Waals surface area contributed by atoms with Crippen LogP contribution in [0.15, 0.2) is 24.3 Å². The number of rotatable bonds is 6. The molecule has 3 aliphatic heterocycles. The van der Waals surface area contributed by atoms with Crippen molar-refractivity contribution in [2.24, 2.45) is 0 Å². The van der Waals surface area contributed by atoms with E-state index in [2.05, 4.69) is 32.1 Å². The van der Waals surface area contributed by atoms with Crippen LogP contribution in [0.5, 0.6) is 0 Å². The Balaban J connectivity index is 1.17. The summed E-state index contributed by atoms with van der Waals surface area (Å²) in [5.74, 6) is 0.288. The zero-order valence-electron chi connectivity index (χ0n) is 18.7. The number of anilines is 2. The van der Waals surface area contributed by atoms with Crippen LogP contribution in [0.2, 0.25) is 0 Å². The Morgan fingerprint density at radius 2 is 1.23 bits per heavy atom. The molecule has 1 N–H and O–H groups in total. The molecule has 2 amide bonds. The molecule has 170 valence electrons. The molecule has 3 saturated heterocycles. The highest BCUT2D eigenvalue weighted by molar-refractivity contribution is 5.92. The first-order valence-electron chi connectivity index (χ1n) is 12.0. The second-order valence-electron chi connectivity index (χ2n) is 9.14. The van der Waals surface area contributed by atoms with E-state index in [-0.39, 0.29) is 11.8 Å². The van der Waals surface area contributed by atoms with Crippen molar-refractivity contribution in [2.75, 3.05) is 75.7 Å². The summed E-state index contributed by atoms with van der Waals surface area (Å²) < 4.78 is 0. The van der Waals surface area contributed by atoms with Crippen LogP contribution in [0.1, 0.15) is 38.5 Å². The lowest BCUT2D eigenvalue weighted by Crippen LogP contribution is -2.51. The van der Waals surface area contributed by atoms with E-state index in [9.17, 15) is 9.59 Å². The molecule has 7 heteroatoms. The van der Waals surface area contributed by atoms with E-state index in [4.69, 9.17) is 0 Å². The van der Waals surface area contributed by atoms with E-state index in [0.29, 0.717) is 13.1 Å². The molecule has 3 fully saturated rings. The molecular weight excluding hydrogens is 390 g/mol. The standard InChI is InChI=1S/C24H37N5O2/c30-23(25-21-7-9-22(10-8-21)28-11-3-1-2-4-12-28)19-26-15-17-27(18-16-26)20-24(31)29-13-5-6-14-29/h7-10H,1-6,11-20H2,(H,25,30). The Morgan fingerprint density at radius 3 is 1.84 bits per heavy atom. The zero-order chi connectivity index (χ0) is 21.5. The minimum atomic E-state index is 0.0316. The van der Waals surface area contributed by atoms with Crippen molar-refractivity contribution >= 4 is 23.2 Å². The molecule has 0 aromatic heterocycles. The average Bonchev–Trinajstić information content (AvgIpc) is 3.19. The Kier molecular flexibility index (Phi) is 7.81. The summed E-state index contributed by atoms with van der Waals surface area (Å²) in [5, 5.41) is 3.04. The largest absolute Gasteiger partial charge is 0.372 e. The Morgan fingerprint density at radius 1 is 0.677 bits per heavy atom. The minimum absolute atomic E-state index is 0.0316. The third kappa shape index (κ3) is 6.43. The van der Waals surface area contributed by atoms with E-state index in [1.165, 1.54) is 31.4 Å². The van der Waals surface area contributed by atoms with Crippen LogP contribution in [0.4, 0.5) is 11.4 Å². The van der Waals surface area contributed by atoms with Gasteiger partial charge < -0.3 is 15.1 Å². The highest BCUT2D eigenvalue weighted by atomic mass is 16.2. The van der Waals surface area contributed by atoms with Gasteiger partial charge in [-0.2, -0.15) is 0 Å². The number of piperazine rings is 1. The van der Waals surface area contributed by atoms with Crippen LogP contribution in [-0.4, -0.2) is 92.0 Å². The summed E-state index contributed by atoms with van der Waals surface area (Å²) in [6.45, 7) is 8.35. The third-order valence-electron chi connectivity index (χ3n) is 6.77. The van der Waals surface area contributed by atoms with Crippen molar-refractivity contribution in [1.82, 2.24) is 14.7 Å². The van der Waals surface area contributed by atoms with Gasteiger partial charge >= 0.3 is 0 Å². The van der Waals surface area contributed by atoms with Crippen molar-refractivity contribution in [2.45, 2.75) is 38.5 Å². The van der Waals surface area contributed by atoms with Crippen LogP contribution >= 0.6 is 0 Å². The second kappa shape index (κ2) is 11.0. The van der Waals surface area contributed by atoms with Crippen molar-refractivity contribution in [3.8, 4) is 0 Å². The Hall–Kier alpha value is -2.12. The van der Waals surface area contributed by atoms with Gasteiger partial charge in [-0.25, -0.2) is 0 Å². The molecule has 0 radical (unpaired) electrons. The molecule has 0 unspecified atom stereocenters. The molecule has 7 nitrogen and oxygen atoms in total. The number of carbonyl (C=O) groups excluding carboxylic acids is 2. The van der Waals surface area contributed by atoms with Gasteiger partial charge in [0.1, 0.15) is 0 Å². The summed E-state index contributed by atoms with van der Waals surface area (Å²) in [4.78, 5) is 33.7. The predicted molar refractivity (Wildman–Crippen MR) is 124 cm³/mol. The summed E-state index contributed by atoms with van der Waals surface area (Å²) in [7, 11) is 0. The molecular formula is C24H37N5O2. The molecule has 1 aromatic carbocycles. The van der Waals surface area contributed by atoms with Gasteiger partial charge in [0.2, 0.25) is 11.8 Å². The van der Waals surface area contributed by atoms with Crippen LogP contribution < -0.4 is 10.2 Å². The monoisotopic (exact) mass is 427 g/mol. The van der Waals surface area contributed by atoms with Gasteiger partial charge in [-0.3, -0.25) is 19.4 Å². The van der Waals surface area contributed by atoms with Gasteiger partial charge in [0.25, 0.3) is 0 Å². The summed E-state index contributed by atoms with van der Waals surface area (Å²) in [6, 6.07) is 8.27.